The number of benzene rings is 1. The molecule has 1 amide bonds. The molecule has 2 aliphatic heterocycles. The molecule has 3 nitrogen and oxygen atoms in total. The van der Waals surface area contributed by atoms with Crippen molar-refractivity contribution in [1.82, 2.24) is 9.80 Å². The summed E-state index contributed by atoms with van der Waals surface area (Å²) >= 11 is 1.68. The van der Waals surface area contributed by atoms with Crippen molar-refractivity contribution in [3.05, 3.63) is 69.4 Å². The van der Waals surface area contributed by atoms with Crippen LogP contribution < -0.4 is 0 Å². The number of allylic oxidation sites excluding steroid dienone is 1. The van der Waals surface area contributed by atoms with E-state index in [9.17, 15) is 4.79 Å². The summed E-state index contributed by atoms with van der Waals surface area (Å²) in [5, 5.41) is 2.05. The maximum atomic E-state index is 12.7. The summed E-state index contributed by atoms with van der Waals surface area (Å²) < 4.78 is 0. The lowest BCUT2D eigenvalue weighted by atomic mass is 9.86. The molecule has 0 spiro atoms. The van der Waals surface area contributed by atoms with Gasteiger partial charge >= 0.3 is 0 Å². The van der Waals surface area contributed by atoms with Gasteiger partial charge in [-0.3, -0.25) is 4.79 Å². The van der Waals surface area contributed by atoms with E-state index in [1.54, 1.807) is 11.3 Å². The SMILES string of the molecule is CC1CCCN1CCc1ccc([C@@H]2CC=C3CN(C(=O)Cc4cccs4)C[C@@H]32)cc1. The zero-order valence-electron chi connectivity index (χ0n) is 17.9. The second-order valence-electron chi connectivity index (χ2n) is 9.28. The maximum Gasteiger partial charge on any atom is 0.228 e. The summed E-state index contributed by atoms with van der Waals surface area (Å²) in [6, 6.07) is 14.2. The highest BCUT2D eigenvalue weighted by atomic mass is 32.1. The third-order valence-corrected chi connectivity index (χ3v) is 8.31. The smallest absolute Gasteiger partial charge is 0.228 e. The summed E-state index contributed by atoms with van der Waals surface area (Å²) in [5.74, 6) is 1.32. The first-order chi connectivity index (χ1) is 14.7. The van der Waals surface area contributed by atoms with Crippen molar-refractivity contribution in [2.75, 3.05) is 26.2 Å². The molecule has 1 unspecified atom stereocenters. The molecular weight excluding hydrogens is 388 g/mol. The molecule has 3 aliphatic rings. The van der Waals surface area contributed by atoms with Crippen LogP contribution in [-0.2, 0) is 17.6 Å². The topological polar surface area (TPSA) is 23.6 Å². The fraction of sp³-hybridized carbons (Fsp3) is 0.500. The van der Waals surface area contributed by atoms with E-state index in [0.29, 0.717) is 18.3 Å². The second-order valence-corrected chi connectivity index (χ2v) is 10.3. The number of hydrogen-bond acceptors (Lipinski definition) is 3. The van der Waals surface area contributed by atoms with Crippen LogP contribution in [0.4, 0.5) is 0 Å². The first-order valence-electron chi connectivity index (χ1n) is 11.5. The Kier molecular flexibility index (Phi) is 5.79. The lowest BCUT2D eigenvalue weighted by Gasteiger charge is -2.22. The average molecular weight is 421 g/mol. The Bertz CT molecular complexity index is 902. The fourth-order valence-electron chi connectivity index (χ4n) is 5.56. The van der Waals surface area contributed by atoms with Gasteiger partial charge in [-0.25, -0.2) is 0 Å². The van der Waals surface area contributed by atoms with Crippen LogP contribution in [0.1, 0.15) is 48.1 Å². The number of thiophene rings is 1. The van der Waals surface area contributed by atoms with Crippen LogP contribution in [0.2, 0.25) is 0 Å². The Morgan fingerprint density at radius 2 is 2.03 bits per heavy atom. The number of nitrogens with zero attached hydrogens (tertiary/aromatic N) is 2. The van der Waals surface area contributed by atoms with Crippen molar-refractivity contribution in [1.29, 1.82) is 0 Å². The van der Waals surface area contributed by atoms with Gasteiger partial charge in [-0.2, -0.15) is 0 Å². The molecular formula is C26H32N2OS. The first kappa shape index (κ1) is 20.0. The summed E-state index contributed by atoms with van der Waals surface area (Å²) in [6.45, 7) is 6.52. The Balaban J connectivity index is 1.18. The van der Waals surface area contributed by atoms with E-state index in [1.807, 2.05) is 6.07 Å². The fourth-order valence-corrected chi connectivity index (χ4v) is 6.26. The average Bonchev–Trinajstić information content (AvgIpc) is 3.52. The van der Waals surface area contributed by atoms with Crippen molar-refractivity contribution >= 4 is 17.2 Å². The Hall–Kier alpha value is -1.91. The second kappa shape index (κ2) is 8.68. The van der Waals surface area contributed by atoms with Gasteiger partial charge < -0.3 is 9.80 Å². The monoisotopic (exact) mass is 420 g/mol. The first-order valence-corrected chi connectivity index (χ1v) is 12.4. The zero-order chi connectivity index (χ0) is 20.5. The molecule has 0 N–H and O–H groups in total. The summed E-state index contributed by atoms with van der Waals surface area (Å²) in [4.78, 5) is 18.6. The minimum atomic E-state index is 0.276. The maximum absolute atomic E-state index is 12.7. The highest BCUT2D eigenvalue weighted by Crippen LogP contribution is 2.43. The van der Waals surface area contributed by atoms with Gasteiger partial charge in [0.05, 0.1) is 6.42 Å². The molecule has 1 aromatic carbocycles. The molecule has 1 aromatic heterocycles. The van der Waals surface area contributed by atoms with Gasteiger partial charge in [-0.1, -0.05) is 36.4 Å². The molecule has 30 heavy (non-hydrogen) atoms. The predicted octanol–water partition coefficient (Wildman–Crippen LogP) is 4.89. The van der Waals surface area contributed by atoms with Crippen molar-refractivity contribution < 1.29 is 4.79 Å². The molecule has 4 heteroatoms. The van der Waals surface area contributed by atoms with Gasteiger partial charge in [-0.05, 0) is 73.2 Å². The standard InChI is InChI=1S/C26H32N2OS/c1-19-4-2-13-27(19)14-12-20-6-8-21(9-7-20)24-11-10-22-17-28(18-25(22)24)26(29)16-23-5-3-15-30-23/h3,5-10,15,19,24-25H,2,4,11-14,16-18H2,1H3/t19?,24-,25-/m0/s1. The Morgan fingerprint density at radius 3 is 2.77 bits per heavy atom. The van der Waals surface area contributed by atoms with E-state index in [1.165, 1.54) is 47.5 Å². The van der Waals surface area contributed by atoms with E-state index < -0.39 is 0 Å². The summed E-state index contributed by atoms with van der Waals surface area (Å²) in [7, 11) is 0. The highest BCUT2D eigenvalue weighted by molar-refractivity contribution is 7.10. The quantitative estimate of drug-likeness (QED) is 0.621. The van der Waals surface area contributed by atoms with Gasteiger partial charge in [0.1, 0.15) is 0 Å². The van der Waals surface area contributed by atoms with Gasteiger partial charge in [0.15, 0.2) is 0 Å². The lowest BCUT2D eigenvalue weighted by Crippen LogP contribution is -2.30. The minimum Gasteiger partial charge on any atom is -0.338 e. The third-order valence-electron chi connectivity index (χ3n) is 7.43. The van der Waals surface area contributed by atoms with Crippen LogP contribution in [0.3, 0.4) is 0 Å². The van der Waals surface area contributed by atoms with E-state index in [4.69, 9.17) is 0 Å². The van der Waals surface area contributed by atoms with Crippen LogP contribution >= 0.6 is 11.3 Å². The van der Waals surface area contributed by atoms with Gasteiger partial charge in [-0.15, -0.1) is 11.3 Å². The van der Waals surface area contributed by atoms with Crippen molar-refractivity contribution in [2.45, 2.75) is 51.0 Å². The molecule has 2 fully saturated rings. The minimum absolute atomic E-state index is 0.276. The van der Waals surface area contributed by atoms with E-state index >= 15 is 0 Å². The number of likely N-dealkylation sites (tertiary alicyclic amines) is 2. The molecule has 1 aliphatic carbocycles. The van der Waals surface area contributed by atoms with E-state index in [-0.39, 0.29) is 5.91 Å². The Labute approximate surface area is 184 Å². The number of rotatable bonds is 6. The van der Waals surface area contributed by atoms with Crippen LogP contribution in [0.15, 0.2) is 53.4 Å². The molecule has 2 aromatic rings. The number of amides is 1. The molecule has 3 atom stereocenters. The number of fused-ring (bicyclic) bond motifs is 1. The van der Waals surface area contributed by atoms with Gasteiger partial charge in [0.25, 0.3) is 0 Å². The van der Waals surface area contributed by atoms with Crippen LogP contribution in [0.25, 0.3) is 0 Å². The van der Waals surface area contributed by atoms with Gasteiger partial charge in [0.2, 0.25) is 5.91 Å². The number of carbonyl (C=O) groups is 1. The largest absolute Gasteiger partial charge is 0.338 e. The number of hydrogen-bond donors (Lipinski definition) is 0. The van der Waals surface area contributed by atoms with E-state index in [2.05, 4.69) is 58.5 Å². The molecule has 158 valence electrons. The van der Waals surface area contributed by atoms with Crippen LogP contribution in [0, 0.1) is 5.92 Å². The summed E-state index contributed by atoms with van der Waals surface area (Å²) in [6.07, 6.45) is 7.92. The lowest BCUT2D eigenvalue weighted by molar-refractivity contribution is -0.129. The van der Waals surface area contributed by atoms with Crippen molar-refractivity contribution in [2.24, 2.45) is 5.92 Å². The van der Waals surface area contributed by atoms with Gasteiger partial charge in [0, 0.05) is 36.5 Å². The highest BCUT2D eigenvalue weighted by Gasteiger charge is 2.39. The van der Waals surface area contributed by atoms with Crippen LogP contribution in [0.5, 0.6) is 0 Å². The van der Waals surface area contributed by atoms with Crippen LogP contribution in [-0.4, -0.2) is 47.9 Å². The zero-order valence-corrected chi connectivity index (χ0v) is 18.7. The molecule has 0 saturated carbocycles. The van der Waals surface area contributed by atoms with E-state index in [0.717, 1.165) is 32.0 Å². The molecule has 2 saturated heterocycles. The Morgan fingerprint density at radius 1 is 1.17 bits per heavy atom. The normalized spacial score (nSPS) is 26.2. The third kappa shape index (κ3) is 4.13. The number of carbonyl (C=O) groups excluding carboxylic acids is 1. The van der Waals surface area contributed by atoms with Crippen molar-refractivity contribution in [3.63, 3.8) is 0 Å². The molecule has 0 radical (unpaired) electrons. The molecule has 5 rings (SSSR count). The molecule has 3 heterocycles. The van der Waals surface area contributed by atoms with Crippen molar-refractivity contribution in [3.8, 4) is 0 Å². The predicted molar refractivity (Wildman–Crippen MR) is 124 cm³/mol. The molecule has 0 bridgehead atoms. The summed E-state index contributed by atoms with van der Waals surface area (Å²) in [5.41, 5.74) is 4.37.